The summed E-state index contributed by atoms with van der Waals surface area (Å²) in [6.45, 7) is 9.32. The minimum absolute atomic E-state index is 0.235. The van der Waals surface area contributed by atoms with Crippen molar-refractivity contribution in [2.24, 2.45) is 0 Å². The molecule has 132 valence electrons. The number of ether oxygens (including phenoxy) is 1. The van der Waals surface area contributed by atoms with Gasteiger partial charge < -0.3 is 14.0 Å². The van der Waals surface area contributed by atoms with Crippen LogP contribution in [0.2, 0.25) is 0 Å². The standard InChI is InChI=1S/C18H21BFNO4/c1-6-23-16(22)10-9-14-13(8-7-11-21-14)12-15(20)19-24-17(2,3)18(4,5)25-19/h7-8,11-12H,6H2,1-5H3. The molecule has 1 aliphatic heterocycles. The molecular formula is C18H21BFNO4. The molecule has 0 aliphatic carbocycles. The molecule has 0 N–H and O–H groups in total. The van der Waals surface area contributed by atoms with Gasteiger partial charge in [0.25, 0.3) is 0 Å². The number of esters is 1. The van der Waals surface area contributed by atoms with Gasteiger partial charge >= 0.3 is 13.1 Å². The summed E-state index contributed by atoms with van der Waals surface area (Å²) < 4.78 is 30.7. The summed E-state index contributed by atoms with van der Waals surface area (Å²) >= 11 is 0. The molecule has 0 atom stereocenters. The van der Waals surface area contributed by atoms with Gasteiger partial charge in [-0.05, 0) is 52.7 Å². The lowest BCUT2D eigenvalue weighted by molar-refractivity contribution is -0.136. The third-order valence-corrected chi connectivity index (χ3v) is 4.17. The third-order valence-electron chi connectivity index (χ3n) is 4.17. The predicted octanol–water partition coefficient (Wildman–Crippen LogP) is 2.94. The molecule has 1 aromatic rings. The van der Waals surface area contributed by atoms with E-state index in [9.17, 15) is 9.18 Å². The number of carbonyl (C=O) groups excluding carboxylic acids is 1. The molecule has 25 heavy (non-hydrogen) atoms. The Balaban J connectivity index is 2.25. The Hall–Kier alpha value is -2.17. The third kappa shape index (κ3) is 4.47. The monoisotopic (exact) mass is 345 g/mol. The summed E-state index contributed by atoms with van der Waals surface area (Å²) in [6, 6.07) is 3.30. The first-order chi connectivity index (χ1) is 11.7. The van der Waals surface area contributed by atoms with Crippen molar-refractivity contribution in [2.45, 2.75) is 45.8 Å². The molecule has 5 nitrogen and oxygen atoms in total. The van der Waals surface area contributed by atoms with Crippen molar-refractivity contribution in [1.29, 1.82) is 0 Å². The molecule has 0 radical (unpaired) electrons. The van der Waals surface area contributed by atoms with E-state index < -0.39 is 30.0 Å². The van der Waals surface area contributed by atoms with Crippen molar-refractivity contribution in [3.63, 3.8) is 0 Å². The van der Waals surface area contributed by atoms with Crippen LogP contribution in [0.5, 0.6) is 0 Å². The summed E-state index contributed by atoms with van der Waals surface area (Å²) in [6.07, 6.45) is 2.77. The van der Waals surface area contributed by atoms with Crippen molar-refractivity contribution in [3.05, 3.63) is 35.3 Å². The molecule has 0 aromatic carbocycles. The zero-order valence-corrected chi connectivity index (χ0v) is 15.1. The van der Waals surface area contributed by atoms with Crippen LogP contribution in [-0.4, -0.2) is 35.9 Å². The summed E-state index contributed by atoms with van der Waals surface area (Å²) in [5.74, 6) is 4.26. The van der Waals surface area contributed by atoms with Crippen LogP contribution in [0, 0.1) is 11.8 Å². The number of pyridine rings is 1. The SMILES string of the molecule is CCOC(=O)C#Cc1ncccc1C=C(F)B1OC(C)(C)C(C)(C)O1. The van der Waals surface area contributed by atoms with Crippen LogP contribution < -0.4 is 0 Å². The van der Waals surface area contributed by atoms with Crippen LogP contribution in [-0.2, 0) is 18.8 Å². The number of hydrogen-bond acceptors (Lipinski definition) is 5. The van der Waals surface area contributed by atoms with E-state index in [1.54, 1.807) is 19.1 Å². The molecule has 2 heterocycles. The first-order valence-electron chi connectivity index (χ1n) is 8.03. The lowest BCUT2D eigenvalue weighted by Crippen LogP contribution is -2.41. The first kappa shape index (κ1) is 19.2. The van der Waals surface area contributed by atoms with Crippen LogP contribution >= 0.6 is 0 Å². The molecule has 0 spiro atoms. The second-order valence-corrected chi connectivity index (χ2v) is 6.53. The van der Waals surface area contributed by atoms with E-state index in [0.717, 1.165) is 0 Å². The van der Waals surface area contributed by atoms with Crippen LogP contribution in [0.25, 0.3) is 6.08 Å². The maximum absolute atomic E-state index is 14.6. The Morgan fingerprint density at radius 3 is 2.60 bits per heavy atom. The molecule has 0 bridgehead atoms. The number of nitrogens with zero attached hydrogens (tertiary/aromatic N) is 1. The second kappa shape index (κ2) is 7.38. The number of aromatic nitrogens is 1. The Morgan fingerprint density at radius 2 is 2.00 bits per heavy atom. The number of rotatable bonds is 3. The maximum Gasteiger partial charge on any atom is 0.525 e. The van der Waals surface area contributed by atoms with Gasteiger partial charge in [0.05, 0.1) is 17.8 Å². The van der Waals surface area contributed by atoms with Crippen molar-refractivity contribution in [1.82, 2.24) is 4.98 Å². The molecule has 7 heteroatoms. The summed E-state index contributed by atoms with van der Waals surface area (Å²) in [5.41, 5.74) is -1.17. The lowest BCUT2D eigenvalue weighted by Gasteiger charge is -2.32. The van der Waals surface area contributed by atoms with Crippen molar-refractivity contribution < 1.29 is 23.2 Å². The number of carbonyl (C=O) groups is 1. The topological polar surface area (TPSA) is 57.7 Å². The number of halogens is 1. The summed E-state index contributed by atoms with van der Waals surface area (Å²) in [5, 5.41) is 0. The molecular weight excluding hydrogens is 324 g/mol. The van der Waals surface area contributed by atoms with Crippen LogP contribution in [0.15, 0.2) is 24.1 Å². The van der Waals surface area contributed by atoms with Gasteiger partial charge in [-0.2, -0.15) is 0 Å². The second-order valence-electron chi connectivity index (χ2n) is 6.53. The van der Waals surface area contributed by atoms with Crippen LogP contribution in [0.3, 0.4) is 0 Å². The highest BCUT2D eigenvalue weighted by Gasteiger charge is 2.53. The van der Waals surface area contributed by atoms with Gasteiger partial charge in [-0.25, -0.2) is 14.2 Å². The first-order valence-corrected chi connectivity index (χ1v) is 8.03. The average molecular weight is 345 g/mol. The smallest absolute Gasteiger partial charge is 0.456 e. The average Bonchev–Trinajstić information content (AvgIpc) is 2.75. The predicted molar refractivity (Wildman–Crippen MR) is 92.9 cm³/mol. The van der Waals surface area contributed by atoms with Gasteiger partial charge in [0.2, 0.25) is 0 Å². The van der Waals surface area contributed by atoms with E-state index in [-0.39, 0.29) is 12.3 Å². The summed E-state index contributed by atoms with van der Waals surface area (Å²) in [7, 11) is -1.10. The summed E-state index contributed by atoms with van der Waals surface area (Å²) in [4.78, 5) is 15.4. The molecule has 2 rings (SSSR count). The molecule has 1 fully saturated rings. The van der Waals surface area contributed by atoms with E-state index in [4.69, 9.17) is 14.0 Å². The molecule has 0 amide bonds. The molecule has 1 saturated heterocycles. The highest BCUT2D eigenvalue weighted by atomic mass is 19.1. The van der Waals surface area contributed by atoms with Crippen molar-refractivity contribution in [2.75, 3.05) is 6.61 Å². The zero-order chi connectivity index (χ0) is 18.7. The molecule has 1 aliphatic rings. The Kier molecular flexibility index (Phi) is 5.66. The van der Waals surface area contributed by atoms with Gasteiger partial charge in [-0.15, -0.1) is 0 Å². The Labute approximate surface area is 147 Å². The van der Waals surface area contributed by atoms with Gasteiger partial charge in [0.15, 0.2) is 0 Å². The van der Waals surface area contributed by atoms with Gasteiger partial charge in [0.1, 0.15) is 11.4 Å². The van der Waals surface area contributed by atoms with E-state index in [1.165, 1.54) is 12.3 Å². The quantitative estimate of drug-likeness (QED) is 0.479. The Bertz CT molecular complexity index is 733. The van der Waals surface area contributed by atoms with Crippen LogP contribution in [0.4, 0.5) is 4.39 Å². The largest absolute Gasteiger partial charge is 0.525 e. The normalized spacial score (nSPS) is 18.5. The van der Waals surface area contributed by atoms with Crippen LogP contribution in [0.1, 0.15) is 45.9 Å². The fraction of sp³-hybridized carbons (Fsp3) is 0.444. The van der Waals surface area contributed by atoms with Crippen molar-refractivity contribution >= 4 is 19.2 Å². The minimum Gasteiger partial charge on any atom is -0.456 e. The number of hydrogen-bond donors (Lipinski definition) is 0. The molecule has 0 saturated carbocycles. The lowest BCUT2D eigenvalue weighted by atomic mass is 9.86. The fourth-order valence-corrected chi connectivity index (χ4v) is 2.09. The highest BCUT2D eigenvalue weighted by Crippen LogP contribution is 2.39. The Morgan fingerprint density at radius 1 is 1.36 bits per heavy atom. The van der Waals surface area contributed by atoms with Gasteiger partial charge in [0, 0.05) is 17.7 Å². The van der Waals surface area contributed by atoms with E-state index in [1.807, 2.05) is 27.7 Å². The van der Waals surface area contributed by atoms with Gasteiger partial charge in [-0.3, -0.25) is 0 Å². The fourth-order valence-electron chi connectivity index (χ4n) is 2.09. The minimum atomic E-state index is -1.10. The van der Waals surface area contributed by atoms with Crippen molar-refractivity contribution in [3.8, 4) is 11.8 Å². The molecule has 0 unspecified atom stereocenters. The van der Waals surface area contributed by atoms with Gasteiger partial charge in [-0.1, -0.05) is 6.07 Å². The highest BCUT2D eigenvalue weighted by molar-refractivity contribution is 6.54. The molecule has 1 aromatic heterocycles. The van der Waals surface area contributed by atoms with E-state index in [2.05, 4.69) is 16.8 Å². The maximum atomic E-state index is 14.6. The van der Waals surface area contributed by atoms with E-state index >= 15 is 0 Å². The zero-order valence-electron chi connectivity index (χ0n) is 15.1. The van der Waals surface area contributed by atoms with E-state index in [0.29, 0.717) is 5.56 Å².